The number of aryl methyl sites for hydroxylation is 2. The van der Waals surface area contributed by atoms with Crippen LogP contribution in [0.3, 0.4) is 0 Å². The Labute approximate surface area is 109 Å². The van der Waals surface area contributed by atoms with Crippen molar-refractivity contribution in [3.05, 3.63) is 35.0 Å². The summed E-state index contributed by atoms with van der Waals surface area (Å²) in [7, 11) is 0. The van der Waals surface area contributed by atoms with E-state index in [-0.39, 0.29) is 0 Å². The summed E-state index contributed by atoms with van der Waals surface area (Å²) in [6.45, 7) is 4.03. The first-order valence-electron chi connectivity index (χ1n) is 5.84. The third-order valence-electron chi connectivity index (χ3n) is 2.72. The van der Waals surface area contributed by atoms with E-state index in [4.69, 9.17) is 0 Å². The molecule has 0 aliphatic carbocycles. The molecule has 0 atom stereocenters. The van der Waals surface area contributed by atoms with Crippen LogP contribution in [0.2, 0.25) is 0 Å². The second kappa shape index (κ2) is 4.42. The van der Waals surface area contributed by atoms with Gasteiger partial charge in [-0.3, -0.25) is 0 Å². The van der Waals surface area contributed by atoms with Crippen molar-refractivity contribution < 1.29 is 0 Å². The van der Waals surface area contributed by atoms with Gasteiger partial charge in [-0.15, -0.1) is 10.2 Å². The van der Waals surface area contributed by atoms with Crippen LogP contribution in [0.4, 0.5) is 0 Å². The van der Waals surface area contributed by atoms with Crippen molar-refractivity contribution in [2.45, 2.75) is 20.3 Å². The Kier molecular flexibility index (Phi) is 2.76. The second-order valence-electron chi connectivity index (χ2n) is 4.00. The van der Waals surface area contributed by atoms with Crippen LogP contribution < -0.4 is 0 Å². The molecule has 0 saturated heterocycles. The summed E-state index contributed by atoms with van der Waals surface area (Å²) in [6, 6.07) is 7.87. The Morgan fingerprint density at radius 3 is 2.44 bits per heavy atom. The van der Waals surface area contributed by atoms with Gasteiger partial charge < -0.3 is 0 Å². The van der Waals surface area contributed by atoms with Crippen LogP contribution in [-0.2, 0) is 6.42 Å². The van der Waals surface area contributed by atoms with Crippen molar-refractivity contribution in [2.75, 3.05) is 0 Å². The molecule has 0 aliphatic heterocycles. The van der Waals surface area contributed by atoms with E-state index in [0.717, 1.165) is 38.9 Å². The number of para-hydroxylation sites is 2. The maximum absolute atomic E-state index is 4.64. The average molecular weight is 256 g/mol. The molecule has 0 N–H and O–H groups in total. The molecule has 0 radical (unpaired) electrons. The predicted octanol–water partition coefficient (Wildman–Crippen LogP) is 3.02. The van der Waals surface area contributed by atoms with Gasteiger partial charge in [0.05, 0.1) is 16.7 Å². The summed E-state index contributed by atoms with van der Waals surface area (Å²) in [4.78, 5) is 9.20. The molecule has 3 rings (SSSR count). The van der Waals surface area contributed by atoms with Gasteiger partial charge in [0, 0.05) is 0 Å². The molecular formula is C13H12N4S. The van der Waals surface area contributed by atoms with E-state index in [2.05, 4.69) is 27.1 Å². The van der Waals surface area contributed by atoms with Gasteiger partial charge in [0.2, 0.25) is 0 Å². The monoisotopic (exact) mass is 256 g/mol. The number of benzene rings is 1. The van der Waals surface area contributed by atoms with Crippen LogP contribution in [0, 0.1) is 6.92 Å². The van der Waals surface area contributed by atoms with E-state index in [9.17, 15) is 0 Å². The molecule has 2 aromatic heterocycles. The lowest BCUT2D eigenvalue weighted by Gasteiger charge is -2.02. The molecule has 0 aliphatic rings. The quantitative estimate of drug-likeness (QED) is 0.707. The lowest BCUT2D eigenvalue weighted by Crippen LogP contribution is -1.93. The molecule has 18 heavy (non-hydrogen) atoms. The zero-order valence-corrected chi connectivity index (χ0v) is 11.0. The fourth-order valence-electron chi connectivity index (χ4n) is 1.78. The van der Waals surface area contributed by atoms with Gasteiger partial charge >= 0.3 is 0 Å². The van der Waals surface area contributed by atoms with Crippen molar-refractivity contribution in [3.63, 3.8) is 0 Å². The van der Waals surface area contributed by atoms with Crippen LogP contribution >= 0.6 is 11.3 Å². The fraction of sp³-hybridized carbons (Fsp3) is 0.231. The smallest absolute Gasteiger partial charge is 0.168 e. The minimum atomic E-state index is 0.839. The number of hydrogen-bond acceptors (Lipinski definition) is 5. The number of aromatic nitrogens is 4. The lowest BCUT2D eigenvalue weighted by molar-refractivity contribution is 0.982. The minimum absolute atomic E-state index is 0.839. The van der Waals surface area contributed by atoms with E-state index in [1.807, 2.05) is 31.2 Å². The standard InChI is InChI=1S/C13H12N4S/c1-3-11-16-17-13(18-11)12-8(2)14-9-6-4-5-7-10(9)15-12/h4-7H,3H2,1-2H3. The summed E-state index contributed by atoms with van der Waals surface area (Å²) in [5.74, 6) is 0. The first-order valence-corrected chi connectivity index (χ1v) is 6.65. The Balaban J connectivity index is 2.19. The molecular weight excluding hydrogens is 244 g/mol. The zero-order valence-electron chi connectivity index (χ0n) is 10.2. The molecule has 0 unspecified atom stereocenters. The highest BCUT2D eigenvalue weighted by Crippen LogP contribution is 2.25. The SMILES string of the molecule is CCc1nnc(-c2nc3ccccc3nc2C)s1. The van der Waals surface area contributed by atoms with Crippen LogP contribution in [0.1, 0.15) is 17.6 Å². The molecule has 2 heterocycles. The van der Waals surface area contributed by atoms with Gasteiger partial charge in [0.1, 0.15) is 10.7 Å². The van der Waals surface area contributed by atoms with Gasteiger partial charge in [-0.05, 0) is 25.5 Å². The van der Waals surface area contributed by atoms with Crippen molar-refractivity contribution in [1.29, 1.82) is 0 Å². The van der Waals surface area contributed by atoms with Crippen molar-refractivity contribution in [3.8, 4) is 10.7 Å². The van der Waals surface area contributed by atoms with E-state index in [1.165, 1.54) is 0 Å². The van der Waals surface area contributed by atoms with Crippen molar-refractivity contribution in [1.82, 2.24) is 20.2 Å². The van der Waals surface area contributed by atoms with Crippen LogP contribution in [0.15, 0.2) is 24.3 Å². The van der Waals surface area contributed by atoms with E-state index >= 15 is 0 Å². The Morgan fingerprint density at radius 1 is 1.06 bits per heavy atom. The zero-order chi connectivity index (χ0) is 12.5. The molecule has 0 bridgehead atoms. The molecule has 4 nitrogen and oxygen atoms in total. The summed E-state index contributed by atoms with van der Waals surface area (Å²) >= 11 is 1.58. The summed E-state index contributed by atoms with van der Waals surface area (Å²) in [6.07, 6.45) is 0.901. The predicted molar refractivity (Wildman–Crippen MR) is 72.6 cm³/mol. The van der Waals surface area contributed by atoms with E-state index < -0.39 is 0 Å². The van der Waals surface area contributed by atoms with Gasteiger partial charge in [0.15, 0.2) is 5.01 Å². The van der Waals surface area contributed by atoms with E-state index in [1.54, 1.807) is 11.3 Å². The highest BCUT2D eigenvalue weighted by molar-refractivity contribution is 7.14. The topological polar surface area (TPSA) is 51.6 Å². The molecule has 5 heteroatoms. The maximum atomic E-state index is 4.64. The Hall–Kier alpha value is -1.88. The highest BCUT2D eigenvalue weighted by Gasteiger charge is 2.12. The fourth-order valence-corrected chi connectivity index (χ4v) is 2.60. The molecule has 0 fully saturated rings. The van der Waals surface area contributed by atoms with Crippen LogP contribution in [0.25, 0.3) is 21.7 Å². The van der Waals surface area contributed by atoms with Crippen molar-refractivity contribution >= 4 is 22.4 Å². The van der Waals surface area contributed by atoms with Crippen LogP contribution in [0.5, 0.6) is 0 Å². The van der Waals surface area contributed by atoms with Gasteiger partial charge in [0.25, 0.3) is 0 Å². The average Bonchev–Trinajstić information content (AvgIpc) is 2.86. The molecule has 3 aromatic rings. The van der Waals surface area contributed by atoms with Crippen LogP contribution in [-0.4, -0.2) is 20.2 Å². The summed E-state index contributed by atoms with van der Waals surface area (Å²) in [5, 5.41) is 10.2. The number of hydrogen-bond donors (Lipinski definition) is 0. The largest absolute Gasteiger partial charge is 0.249 e. The molecule has 0 saturated carbocycles. The normalized spacial score (nSPS) is 11.0. The van der Waals surface area contributed by atoms with Gasteiger partial charge in [-0.25, -0.2) is 9.97 Å². The lowest BCUT2D eigenvalue weighted by atomic mass is 10.2. The van der Waals surface area contributed by atoms with Gasteiger partial charge in [-0.1, -0.05) is 30.4 Å². The number of fused-ring (bicyclic) bond motifs is 1. The number of nitrogens with zero attached hydrogens (tertiary/aromatic N) is 4. The molecule has 0 spiro atoms. The highest BCUT2D eigenvalue weighted by atomic mass is 32.1. The Bertz CT molecular complexity index is 705. The first kappa shape index (κ1) is 11.2. The van der Waals surface area contributed by atoms with Gasteiger partial charge in [-0.2, -0.15) is 0 Å². The molecule has 90 valence electrons. The second-order valence-corrected chi connectivity index (χ2v) is 5.06. The van der Waals surface area contributed by atoms with Crippen molar-refractivity contribution in [2.24, 2.45) is 0 Å². The maximum Gasteiger partial charge on any atom is 0.168 e. The summed E-state index contributed by atoms with van der Waals surface area (Å²) in [5.41, 5.74) is 3.55. The Morgan fingerprint density at radius 2 is 1.78 bits per heavy atom. The van der Waals surface area contributed by atoms with E-state index in [0.29, 0.717) is 0 Å². The minimum Gasteiger partial charge on any atom is -0.249 e. The third kappa shape index (κ3) is 1.86. The molecule has 1 aromatic carbocycles. The first-order chi connectivity index (χ1) is 8.78. The number of rotatable bonds is 2. The molecule has 0 amide bonds. The summed E-state index contributed by atoms with van der Waals surface area (Å²) < 4.78 is 0. The third-order valence-corrected chi connectivity index (χ3v) is 3.79.